The van der Waals surface area contributed by atoms with Crippen LogP contribution < -0.4 is 11.2 Å². The molecule has 0 bridgehead atoms. The van der Waals surface area contributed by atoms with Crippen LogP contribution in [0.2, 0.25) is 0 Å². The first-order chi connectivity index (χ1) is 6.86. The smallest absolute Gasteiger partial charge is 0.208 e. The molecule has 68 valence electrons. The Labute approximate surface area is 78.8 Å². The Hall–Kier alpha value is -2.24. The monoisotopic (exact) mass is 186 g/mol. The molecule has 2 aromatic rings. The molecule has 1 aromatic carbocycles. The van der Waals surface area contributed by atoms with Crippen molar-refractivity contribution in [2.75, 3.05) is 11.2 Å². The highest BCUT2D eigenvalue weighted by molar-refractivity contribution is 6.05. The van der Waals surface area contributed by atoms with Gasteiger partial charge in [-0.3, -0.25) is 5.43 Å². The van der Waals surface area contributed by atoms with E-state index < -0.39 is 0 Å². The number of rotatable bonds is 0. The van der Waals surface area contributed by atoms with Gasteiger partial charge in [0, 0.05) is 5.39 Å². The van der Waals surface area contributed by atoms with Crippen molar-refractivity contribution in [3.05, 3.63) is 18.2 Å². The highest BCUT2D eigenvalue weighted by atomic mass is 15.4. The van der Waals surface area contributed by atoms with E-state index in [9.17, 15) is 0 Å². The van der Waals surface area contributed by atoms with Crippen molar-refractivity contribution in [2.45, 2.75) is 0 Å². The molecule has 6 heteroatoms. The van der Waals surface area contributed by atoms with Gasteiger partial charge in [-0.1, -0.05) is 17.4 Å². The molecule has 0 amide bonds. The van der Waals surface area contributed by atoms with Crippen LogP contribution in [0.4, 0.5) is 17.3 Å². The van der Waals surface area contributed by atoms with Gasteiger partial charge in [0.1, 0.15) is 0 Å². The van der Waals surface area contributed by atoms with Gasteiger partial charge in [0.2, 0.25) is 5.82 Å². The summed E-state index contributed by atoms with van der Waals surface area (Å²) in [6.07, 6.45) is 0. The summed E-state index contributed by atoms with van der Waals surface area (Å²) >= 11 is 0. The maximum absolute atomic E-state index is 5.70. The first kappa shape index (κ1) is 7.19. The Morgan fingerprint density at radius 2 is 2.14 bits per heavy atom. The fraction of sp³-hybridized carbons (Fsp3) is 0. The van der Waals surface area contributed by atoms with E-state index in [0.29, 0.717) is 11.6 Å². The summed E-state index contributed by atoms with van der Waals surface area (Å²) in [7, 11) is 0. The van der Waals surface area contributed by atoms with E-state index in [1.165, 1.54) is 0 Å². The van der Waals surface area contributed by atoms with E-state index in [-0.39, 0.29) is 0 Å². The van der Waals surface area contributed by atoms with Crippen LogP contribution in [0.5, 0.6) is 0 Å². The molecule has 3 rings (SSSR count). The highest BCUT2D eigenvalue weighted by Crippen LogP contribution is 2.35. The van der Waals surface area contributed by atoms with E-state index in [1.807, 2.05) is 18.2 Å². The van der Waals surface area contributed by atoms with Crippen LogP contribution in [0.25, 0.3) is 10.8 Å². The minimum Gasteiger partial charge on any atom is -0.382 e. The molecule has 0 atom stereocenters. The molecule has 1 aromatic heterocycles. The Balaban J connectivity index is 2.56. The van der Waals surface area contributed by atoms with Crippen molar-refractivity contribution >= 4 is 28.1 Å². The van der Waals surface area contributed by atoms with Crippen LogP contribution in [-0.2, 0) is 0 Å². The molecule has 14 heavy (non-hydrogen) atoms. The number of anilines is 2. The first-order valence-electron chi connectivity index (χ1n) is 4.08. The zero-order valence-corrected chi connectivity index (χ0v) is 7.10. The second-order valence-corrected chi connectivity index (χ2v) is 2.95. The largest absolute Gasteiger partial charge is 0.382 e. The van der Waals surface area contributed by atoms with Crippen LogP contribution in [0.1, 0.15) is 0 Å². The maximum Gasteiger partial charge on any atom is 0.208 e. The third kappa shape index (κ3) is 0.792. The lowest BCUT2D eigenvalue weighted by Crippen LogP contribution is -2.00. The van der Waals surface area contributed by atoms with Gasteiger partial charge < -0.3 is 5.73 Å². The minimum absolute atomic E-state index is 0.407. The zero-order valence-electron chi connectivity index (χ0n) is 7.10. The quantitative estimate of drug-likeness (QED) is 0.654. The standard InChI is InChI=1S/C8H6N6/c9-7-4-2-1-3-5-6(4)8(12-11-7)13-14-10-5/h1-3H,(H2,9,11)(H,10,12,13). The minimum atomic E-state index is 0.407. The van der Waals surface area contributed by atoms with Gasteiger partial charge in [0.05, 0.1) is 11.1 Å². The van der Waals surface area contributed by atoms with Crippen molar-refractivity contribution in [1.29, 1.82) is 0 Å². The predicted octanol–water partition coefficient (Wildman–Crippen LogP) is 1.64. The normalized spacial score (nSPS) is 12.9. The molecule has 0 saturated heterocycles. The summed E-state index contributed by atoms with van der Waals surface area (Å²) in [6.45, 7) is 0. The van der Waals surface area contributed by atoms with Gasteiger partial charge >= 0.3 is 0 Å². The third-order valence-electron chi connectivity index (χ3n) is 2.13. The molecule has 0 aliphatic carbocycles. The summed E-state index contributed by atoms with van der Waals surface area (Å²) in [5.41, 5.74) is 9.34. The Kier molecular flexibility index (Phi) is 1.22. The van der Waals surface area contributed by atoms with Gasteiger partial charge in [-0.15, -0.1) is 15.3 Å². The first-order valence-corrected chi connectivity index (χ1v) is 4.08. The van der Waals surface area contributed by atoms with Crippen molar-refractivity contribution in [3.63, 3.8) is 0 Å². The topological polar surface area (TPSA) is 88.5 Å². The fourth-order valence-corrected chi connectivity index (χ4v) is 1.50. The van der Waals surface area contributed by atoms with E-state index >= 15 is 0 Å². The number of hydrogen-bond donors (Lipinski definition) is 2. The van der Waals surface area contributed by atoms with Gasteiger partial charge in [-0.25, -0.2) is 0 Å². The van der Waals surface area contributed by atoms with Crippen molar-refractivity contribution in [2.24, 2.45) is 10.3 Å². The molecule has 3 N–H and O–H groups in total. The lowest BCUT2D eigenvalue weighted by molar-refractivity contribution is 0.996. The summed E-state index contributed by atoms with van der Waals surface area (Å²) in [4.78, 5) is 0. The van der Waals surface area contributed by atoms with E-state index in [0.717, 1.165) is 16.5 Å². The van der Waals surface area contributed by atoms with E-state index in [2.05, 4.69) is 26.0 Å². The van der Waals surface area contributed by atoms with Gasteiger partial charge in [0.25, 0.3) is 0 Å². The number of benzene rings is 1. The van der Waals surface area contributed by atoms with E-state index in [4.69, 9.17) is 5.73 Å². The average Bonchev–Trinajstić information content (AvgIpc) is 2.24. The van der Waals surface area contributed by atoms with Crippen LogP contribution in [0, 0.1) is 0 Å². The molecule has 1 aliphatic rings. The van der Waals surface area contributed by atoms with Crippen molar-refractivity contribution in [3.8, 4) is 0 Å². The van der Waals surface area contributed by atoms with Gasteiger partial charge in [0.15, 0.2) is 5.82 Å². The molecule has 0 spiro atoms. The van der Waals surface area contributed by atoms with E-state index in [1.54, 1.807) is 0 Å². The Bertz CT molecular complexity index is 547. The molecule has 0 fully saturated rings. The number of hydrogen-bond acceptors (Lipinski definition) is 6. The lowest BCUT2D eigenvalue weighted by Gasteiger charge is -2.10. The molecule has 1 aliphatic heterocycles. The number of nitrogens with two attached hydrogens (primary N) is 1. The Morgan fingerprint density at radius 1 is 1.21 bits per heavy atom. The zero-order chi connectivity index (χ0) is 9.54. The summed E-state index contributed by atoms with van der Waals surface area (Å²) < 4.78 is 0. The summed E-state index contributed by atoms with van der Waals surface area (Å²) in [5, 5.41) is 16.9. The second-order valence-electron chi connectivity index (χ2n) is 2.95. The Morgan fingerprint density at radius 3 is 3.07 bits per heavy atom. The molecule has 2 heterocycles. The lowest BCUT2D eigenvalue weighted by atomic mass is 10.1. The number of aromatic nitrogens is 2. The number of nitrogens with one attached hydrogen (secondary N) is 1. The molecular formula is C8H6N6. The SMILES string of the molecule is Nc1nnc2c3c(cccc13)NN=N2. The van der Waals surface area contributed by atoms with Crippen LogP contribution in [0.3, 0.4) is 0 Å². The van der Waals surface area contributed by atoms with Gasteiger partial charge in [-0.2, -0.15) is 0 Å². The molecule has 0 saturated carbocycles. The molecule has 0 unspecified atom stereocenters. The predicted molar refractivity (Wildman–Crippen MR) is 52.1 cm³/mol. The van der Waals surface area contributed by atoms with Crippen LogP contribution in [-0.4, -0.2) is 10.2 Å². The van der Waals surface area contributed by atoms with Gasteiger partial charge in [-0.05, 0) is 6.07 Å². The molecule has 6 nitrogen and oxygen atoms in total. The fourth-order valence-electron chi connectivity index (χ4n) is 1.50. The molecule has 0 radical (unpaired) electrons. The number of nitrogen functional groups attached to an aromatic ring is 1. The van der Waals surface area contributed by atoms with Crippen LogP contribution in [0.15, 0.2) is 28.5 Å². The maximum atomic E-state index is 5.70. The average molecular weight is 186 g/mol. The second kappa shape index (κ2) is 2.38. The highest BCUT2D eigenvalue weighted by Gasteiger charge is 2.13. The molecular weight excluding hydrogens is 180 g/mol. The van der Waals surface area contributed by atoms with Crippen molar-refractivity contribution < 1.29 is 0 Å². The third-order valence-corrected chi connectivity index (χ3v) is 2.13. The summed E-state index contributed by atoms with van der Waals surface area (Å²) in [5.74, 6) is 0.910. The van der Waals surface area contributed by atoms with Crippen LogP contribution >= 0.6 is 0 Å². The summed E-state index contributed by atoms with van der Waals surface area (Å²) in [6, 6.07) is 5.66. The van der Waals surface area contributed by atoms with Crippen molar-refractivity contribution in [1.82, 2.24) is 10.2 Å². The number of nitrogens with zero attached hydrogens (tertiary/aromatic N) is 4.